The van der Waals surface area contributed by atoms with E-state index in [1.165, 1.54) is 0 Å². The summed E-state index contributed by atoms with van der Waals surface area (Å²) in [6.45, 7) is 3.97. The number of hydrogen-bond donors (Lipinski definition) is 3. The average molecular weight is 312 g/mol. The first-order valence-electron chi connectivity index (χ1n) is 6.75. The van der Waals surface area contributed by atoms with Gasteiger partial charge in [0.2, 0.25) is 5.91 Å². The van der Waals surface area contributed by atoms with Crippen molar-refractivity contribution in [3.8, 4) is 0 Å². The zero-order valence-electron chi connectivity index (χ0n) is 12.1. The van der Waals surface area contributed by atoms with E-state index in [1.54, 1.807) is 11.3 Å². The number of rotatable bonds is 7. The minimum absolute atomic E-state index is 0.0189. The highest BCUT2D eigenvalue weighted by atomic mass is 32.1. The van der Waals surface area contributed by atoms with Gasteiger partial charge in [-0.2, -0.15) is 0 Å². The monoisotopic (exact) mass is 312 g/mol. The molecule has 0 aromatic carbocycles. The highest BCUT2D eigenvalue weighted by Gasteiger charge is 2.20. The largest absolute Gasteiger partial charge is 0.481 e. The quantitative estimate of drug-likeness (QED) is 0.721. The van der Waals surface area contributed by atoms with Gasteiger partial charge in [-0.25, -0.2) is 4.79 Å². The number of carbonyl (C=O) groups excluding carboxylic acids is 2. The molecule has 1 aromatic rings. The van der Waals surface area contributed by atoms with Crippen LogP contribution in [0.1, 0.15) is 44.0 Å². The molecule has 21 heavy (non-hydrogen) atoms. The van der Waals surface area contributed by atoms with E-state index in [2.05, 4.69) is 10.6 Å². The van der Waals surface area contributed by atoms with Crippen molar-refractivity contribution in [1.82, 2.24) is 10.6 Å². The van der Waals surface area contributed by atoms with Crippen molar-refractivity contribution in [3.05, 3.63) is 22.4 Å². The van der Waals surface area contributed by atoms with Gasteiger partial charge in [0.15, 0.2) is 0 Å². The van der Waals surface area contributed by atoms with Crippen LogP contribution in [0.25, 0.3) is 0 Å². The summed E-state index contributed by atoms with van der Waals surface area (Å²) in [4.78, 5) is 34.7. The molecular weight excluding hydrogens is 292 g/mol. The van der Waals surface area contributed by atoms with E-state index >= 15 is 0 Å². The van der Waals surface area contributed by atoms with Crippen LogP contribution in [-0.4, -0.2) is 23.0 Å². The molecule has 0 saturated heterocycles. The highest BCUT2D eigenvalue weighted by molar-refractivity contribution is 7.10. The van der Waals surface area contributed by atoms with Gasteiger partial charge >= 0.3 is 12.0 Å². The molecule has 0 spiro atoms. The summed E-state index contributed by atoms with van der Waals surface area (Å²) < 4.78 is 0. The SMILES string of the molecule is CC(C)C(NC(=O)NC(=O)CCCC(=O)O)c1cccs1. The Morgan fingerprint density at radius 1 is 1.29 bits per heavy atom. The molecule has 1 heterocycles. The summed E-state index contributed by atoms with van der Waals surface area (Å²) in [5.74, 6) is -1.23. The van der Waals surface area contributed by atoms with Crippen molar-refractivity contribution in [2.75, 3.05) is 0 Å². The summed E-state index contributed by atoms with van der Waals surface area (Å²) in [6.07, 6.45) is 0.150. The predicted molar refractivity (Wildman–Crippen MR) is 80.1 cm³/mol. The van der Waals surface area contributed by atoms with Crippen molar-refractivity contribution in [2.24, 2.45) is 5.92 Å². The summed E-state index contributed by atoms with van der Waals surface area (Å²) in [5.41, 5.74) is 0. The van der Waals surface area contributed by atoms with E-state index in [4.69, 9.17) is 5.11 Å². The van der Waals surface area contributed by atoms with Gasteiger partial charge in [-0.05, 0) is 23.8 Å². The fourth-order valence-electron chi connectivity index (χ4n) is 1.80. The molecule has 0 aliphatic heterocycles. The Balaban J connectivity index is 2.44. The van der Waals surface area contributed by atoms with Crippen LogP contribution in [0.3, 0.4) is 0 Å². The lowest BCUT2D eigenvalue weighted by Gasteiger charge is -2.21. The average Bonchev–Trinajstić information content (AvgIpc) is 2.88. The van der Waals surface area contributed by atoms with Crippen LogP contribution < -0.4 is 10.6 Å². The summed E-state index contributed by atoms with van der Waals surface area (Å²) >= 11 is 1.54. The van der Waals surface area contributed by atoms with Crippen LogP contribution in [0.4, 0.5) is 4.79 Å². The molecule has 1 rings (SSSR count). The van der Waals surface area contributed by atoms with E-state index in [0.717, 1.165) is 4.88 Å². The zero-order chi connectivity index (χ0) is 15.8. The van der Waals surface area contributed by atoms with Gasteiger partial charge in [0.1, 0.15) is 0 Å². The third-order valence-electron chi connectivity index (χ3n) is 2.85. The standard InChI is InChI=1S/C14H20N2O4S/c1-9(2)13(10-5-4-8-21-10)16-14(20)15-11(17)6-3-7-12(18)19/h4-5,8-9,13H,3,6-7H2,1-2H3,(H,18,19)(H2,15,16,17,20). The highest BCUT2D eigenvalue weighted by Crippen LogP contribution is 2.25. The van der Waals surface area contributed by atoms with Gasteiger partial charge in [-0.3, -0.25) is 14.9 Å². The van der Waals surface area contributed by atoms with Crippen LogP contribution >= 0.6 is 11.3 Å². The van der Waals surface area contributed by atoms with Crippen LogP contribution in [0.2, 0.25) is 0 Å². The number of hydrogen-bond acceptors (Lipinski definition) is 4. The molecule has 1 atom stereocenters. The van der Waals surface area contributed by atoms with Crippen LogP contribution in [-0.2, 0) is 9.59 Å². The molecule has 1 aromatic heterocycles. The van der Waals surface area contributed by atoms with Crippen LogP contribution in [0.15, 0.2) is 17.5 Å². The number of carbonyl (C=O) groups is 3. The third-order valence-corrected chi connectivity index (χ3v) is 3.81. The maximum atomic E-state index is 11.8. The number of imide groups is 1. The number of carboxylic acid groups (broad SMARTS) is 1. The number of urea groups is 1. The molecule has 6 nitrogen and oxygen atoms in total. The second-order valence-corrected chi connectivity index (χ2v) is 5.99. The molecular formula is C14H20N2O4S. The first kappa shape index (κ1) is 17.2. The van der Waals surface area contributed by atoms with Gasteiger partial charge in [0.05, 0.1) is 6.04 Å². The summed E-state index contributed by atoms with van der Waals surface area (Å²) in [7, 11) is 0. The number of aliphatic carboxylic acids is 1. The maximum absolute atomic E-state index is 11.8. The zero-order valence-corrected chi connectivity index (χ0v) is 12.9. The lowest BCUT2D eigenvalue weighted by atomic mass is 10.0. The van der Waals surface area contributed by atoms with Crippen molar-refractivity contribution in [1.29, 1.82) is 0 Å². The number of nitrogens with one attached hydrogen (secondary N) is 2. The first-order valence-corrected chi connectivity index (χ1v) is 7.63. The van der Waals surface area contributed by atoms with E-state index in [9.17, 15) is 14.4 Å². The van der Waals surface area contributed by atoms with Gasteiger partial charge < -0.3 is 10.4 Å². The van der Waals surface area contributed by atoms with Crippen molar-refractivity contribution in [3.63, 3.8) is 0 Å². The Hall–Kier alpha value is -1.89. The van der Waals surface area contributed by atoms with E-state index in [0.29, 0.717) is 0 Å². The lowest BCUT2D eigenvalue weighted by Crippen LogP contribution is -2.42. The minimum Gasteiger partial charge on any atom is -0.481 e. The molecule has 7 heteroatoms. The van der Waals surface area contributed by atoms with Gasteiger partial charge in [-0.15, -0.1) is 11.3 Å². The molecule has 116 valence electrons. The molecule has 1 unspecified atom stereocenters. The molecule has 0 aliphatic carbocycles. The fraction of sp³-hybridized carbons (Fsp3) is 0.500. The molecule has 0 radical (unpaired) electrons. The van der Waals surface area contributed by atoms with Crippen molar-refractivity contribution < 1.29 is 19.5 Å². The second-order valence-electron chi connectivity index (χ2n) is 5.01. The first-order chi connectivity index (χ1) is 9.90. The predicted octanol–water partition coefficient (Wildman–Crippen LogP) is 2.53. The Morgan fingerprint density at radius 3 is 2.52 bits per heavy atom. The van der Waals surface area contributed by atoms with E-state index in [-0.39, 0.29) is 31.2 Å². The number of amides is 3. The van der Waals surface area contributed by atoms with Crippen molar-refractivity contribution >= 4 is 29.2 Å². The minimum atomic E-state index is -0.954. The number of thiophene rings is 1. The molecule has 0 fully saturated rings. The van der Waals surface area contributed by atoms with Gasteiger partial charge in [0.25, 0.3) is 0 Å². The summed E-state index contributed by atoms with van der Waals surface area (Å²) in [5, 5.41) is 15.4. The van der Waals surface area contributed by atoms with Crippen molar-refractivity contribution in [2.45, 2.75) is 39.2 Å². The summed E-state index contributed by atoms with van der Waals surface area (Å²) in [6, 6.07) is 3.13. The molecule has 0 bridgehead atoms. The van der Waals surface area contributed by atoms with E-state index in [1.807, 2.05) is 31.4 Å². The Labute approximate surface area is 127 Å². The van der Waals surface area contributed by atoms with Crippen LogP contribution in [0.5, 0.6) is 0 Å². The molecule has 0 aliphatic rings. The van der Waals surface area contributed by atoms with E-state index < -0.39 is 17.9 Å². The molecule has 3 N–H and O–H groups in total. The second kappa shape index (κ2) is 8.41. The Kier molecular flexibility index (Phi) is 6.87. The number of carboxylic acids is 1. The van der Waals surface area contributed by atoms with Gasteiger partial charge in [-0.1, -0.05) is 19.9 Å². The molecule has 0 saturated carbocycles. The Bertz CT molecular complexity index is 485. The normalized spacial score (nSPS) is 12.0. The van der Waals surface area contributed by atoms with Crippen LogP contribution in [0, 0.1) is 5.92 Å². The van der Waals surface area contributed by atoms with Gasteiger partial charge in [0, 0.05) is 17.7 Å². The molecule has 3 amide bonds. The fourth-order valence-corrected chi connectivity index (χ4v) is 2.75. The smallest absolute Gasteiger partial charge is 0.321 e. The Morgan fingerprint density at radius 2 is 2.00 bits per heavy atom. The third kappa shape index (κ3) is 6.40. The topological polar surface area (TPSA) is 95.5 Å². The maximum Gasteiger partial charge on any atom is 0.321 e. The lowest BCUT2D eigenvalue weighted by molar-refractivity contribution is -0.137.